The summed E-state index contributed by atoms with van der Waals surface area (Å²) in [6.07, 6.45) is 5.06. The Balaban J connectivity index is 2.03. The van der Waals surface area contributed by atoms with Crippen molar-refractivity contribution >= 4 is 11.4 Å². The number of imidazole rings is 1. The molecule has 0 saturated carbocycles. The topological polar surface area (TPSA) is 73.0 Å². The van der Waals surface area contributed by atoms with E-state index in [9.17, 15) is 14.5 Å². The Kier molecular flexibility index (Phi) is 3.52. The quantitative estimate of drug-likeness (QED) is 0.651. The van der Waals surface area contributed by atoms with Crippen LogP contribution in [-0.2, 0) is 6.54 Å². The smallest absolute Gasteiger partial charge is 0.292 e. The second kappa shape index (κ2) is 5.26. The van der Waals surface area contributed by atoms with Crippen molar-refractivity contribution in [3.63, 3.8) is 0 Å². The van der Waals surface area contributed by atoms with Gasteiger partial charge in [0, 0.05) is 37.6 Å². The number of nitro groups is 1. The number of nitro benzene ring substituents is 1. The lowest BCUT2D eigenvalue weighted by Crippen LogP contribution is -2.10. The highest BCUT2D eigenvalue weighted by Crippen LogP contribution is 2.24. The van der Waals surface area contributed by atoms with Crippen LogP contribution in [0.3, 0.4) is 0 Å². The average Bonchev–Trinajstić information content (AvgIpc) is 2.82. The Hall–Kier alpha value is -2.44. The summed E-state index contributed by atoms with van der Waals surface area (Å²) >= 11 is 0. The van der Waals surface area contributed by atoms with Crippen molar-refractivity contribution < 1.29 is 9.31 Å². The molecule has 0 aliphatic heterocycles. The molecule has 2 aromatic rings. The predicted octanol–water partition coefficient (Wildman–Crippen LogP) is 2.04. The summed E-state index contributed by atoms with van der Waals surface area (Å²) in [5.41, 5.74) is 0.0437. The maximum absolute atomic E-state index is 13.0. The molecule has 6 nitrogen and oxygen atoms in total. The van der Waals surface area contributed by atoms with Crippen LogP contribution in [0.1, 0.15) is 0 Å². The zero-order valence-corrected chi connectivity index (χ0v) is 9.41. The third-order valence-electron chi connectivity index (χ3n) is 2.40. The fourth-order valence-corrected chi connectivity index (χ4v) is 1.55. The standard InChI is InChI=1S/C11H11FN4O2/c12-9-1-2-11(16(17)18)10(7-9)14-4-6-15-5-3-13-8-15/h1-3,5,7-8,14H,4,6H2. The highest BCUT2D eigenvalue weighted by molar-refractivity contribution is 5.61. The molecule has 0 saturated heterocycles. The van der Waals surface area contributed by atoms with E-state index in [-0.39, 0.29) is 11.4 Å². The zero-order valence-electron chi connectivity index (χ0n) is 9.41. The van der Waals surface area contributed by atoms with E-state index in [0.29, 0.717) is 13.1 Å². The normalized spacial score (nSPS) is 10.3. The van der Waals surface area contributed by atoms with E-state index < -0.39 is 10.7 Å². The summed E-state index contributed by atoms with van der Waals surface area (Å²) in [6.45, 7) is 1.04. The molecule has 0 amide bonds. The number of nitrogens with zero attached hydrogens (tertiary/aromatic N) is 3. The summed E-state index contributed by atoms with van der Waals surface area (Å²) in [6, 6.07) is 3.33. The molecule has 18 heavy (non-hydrogen) atoms. The van der Waals surface area contributed by atoms with E-state index >= 15 is 0 Å². The molecule has 0 spiro atoms. The first-order chi connectivity index (χ1) is 8.66. The molecule has 0 radical (unpaired) electrons. The van der Waals surface area contributed by atoms with Gasteiger partial charge < -0.3 is 9.88 Å². The Morgan fingerprint density at radius 2 is 2.33 bits per heavy atom. The number of rotatable bonds is 5. The molecular formula is C11H11FN4O2. The summed E-state index contributed by atoms with van der Waals surface area (Å²) in [5.74, 6) is -0.509. The van der Waals surface area contributed by atoms with E-state index in [1.807, 2.05) is 4.57 Å². The lowest BCUT2D eigenvalue weighted by molar-refractivity contribution is -0.384. The van der Waals surface area contributed by atoms with Gasteiger partial charge in [0.1, 0.15) is 11.5 Å². The number of benzene rings is 1. The van der Waals surface area contributed by atoms with Gasteiger partial charge in [0.05, 0.1) is 11.3 Å². The molecule has 0 bridgehead atoms. The maximum atomic E-state index is 13.0. The fourth-order valence-electron chi connectivity index (χ4n) is 1.55. The van der Waals surface area contributed by atoms with E-state index in [1.165, 1.54) is 0 Å². The number of halogens is 1. The zero-order chi connectivity index (χ0) is 13.0. The summed E-state index contributed by atoms with van der Waals surface area (Å²) in [7, 11) is 0. The molecule has 0 aliphatic rings. The van der Waals surface area contributed by atoms with Gasteiger partial charge in [0.25, 0.3) is 5.69 Å². The first-order valence-electron chi connectivity index (χ1n) is 5.30. The van der Waals surface area contributed by atoms with Gasteiger partial charge in [-0.05, 0) is 6.07 Å². The van der Waals surface area contributed by atoms with Crippen LogP contribution in [0.2, 0.25) is 0 Å². The molecule has 0 aliphatic carbocycles. The van der Waals surface area contributed by atoms with Gasteiger partial charge in [-0.15, -0.1) is 0 Å². The van der Waals surface area contributed by atoms with Crippen LogP contribution in [0.5, 0.6) is 0 Å². The van der Waals surface area contributed by atoms with Crippen molar-refractivity contribution in [2.24, 2.45) is 0 Å². The monoisotopic (exact) mass is 250 g/mol. The molecule has 1 N–H and O–H groups in total. The highest BCUT2D eigenvalue weighted by atomic mass is 19.1. The van der Waals surface area contributed by atoms with E-state index in [1.54, 1.807) is 18.7 Å². The molecule has 94 valence electrons. The second-order valence-electron chi connectivity index (χ2n) is 3.65. The van der Waals surface area contributed by atoms with Gasteiger partial charge in [-0.25, -0.2) is 9.37 Å². The lowest BCUT2D eigenvalue weighted by Gasteiger charge is -2.07. The molecule has 1 heterocycles. The minimum absolute atomic E-state index is 0.137. The highest BCUT2D eigenvalue weighted by Gasteiger charge is 2.13. The first-order valence-corrected chi connectivity index (χ1v) is 5.30. The fraction of sp³-hybridized carbons (Fsp3) is 0.182. The SMILES string of the molecule is O=[N+]([O-])c1ccc(F)cc1NCCn1ccnc1. The molecule has 0 fully saturated rings. The van der Waals surface area contributed by atoms with Crippen LogP contribution >= 0.6 is 0 Å². The van der Waals surface area contributed by atoms with Gasteiger partial charge >= 0.3 is 0 Å². The summed E-state index contributed by atoms with van der Waals surface area (Å²) in [4.78, 5) is 14.1. The predicted molar refractivity (Wildman–Crippen MR) is 63.8 cm³/mol. The number of hydrogen-bond donors (Lipinski definition) is 1. The van der Waals surface area contributed by atoms with Crippen LogP contribution in [0.15, 0.2) is 36.9 Å². The molecular weight excluding hydrogens is 239 g/mol. The first kappa shape index (κ1) is 12.0. The van der Waals surface area contributed by atoms with Gasteiger partial charge in [-0.1, -0.05) is 0 Å². The van der Waals surface area contributed by atoms with E-state index in [0.717, 1.165) is 18.2 Å². The maximum Gasteiger partial charge on any atom is 0.292 e. The Labute approximate surface area is 102 Å². The third-order valence-corrected chi connectivity index (χ3v) is 2.40. The minimum atomic E-state index is -0.543. The Bertz CT molecular complexity index is 542. The Morgan fingerprint density at radius 1 is 1.50 bits per heavy atom. The van der Waals surface area contributed by atoms with Crippen molar-refractivity contribution in [3.05, 3.63) is 52.9 Å². The van der Waals surface area contributed by atoms with E-state index in [2.05, 4.69) is 10.3 Å². The lowest BCUT2D eigenvalue weighted by atomic mass is 10.2. The van der Waals surface area contributed by atoms with Crippen LogP contribution < -0.4 is 5.32 Å². The van der Waals surface area contributed by atoms with Crippen LogP contribution in [-0.4, -0.2) is 21.0 Å². The summed E-state index contributed by atoms with van der Waals surface area (Å²) in [5, 5.41) is 13.6. The number of anilines is 1. The van der Waals surface area contributed by atoms with Gasteiger partial charge in [0.2, 0.25) is 0 Å². The Morgan fingerprint density at radius 3 is 3.00 bits per heavy atom. The molecule has 0 unspecified atom stereocenters. The minimum Gasteiger partial charge on any atom is -0.378 e. The molecule has 0 atom stereocenters. The van der Waals surface area contributed by atoms with Gasteiger partial charge in [-0.3, -0.25) is 10.1 Å². The van der Waals surface area contributed by atoms with Crippen molar-refractivity contribution in [2.75, 3.05) is 11.9 Å². The second-order valence-corrected chi connectivity index (χ2v) is 3.65. The van der Waals surface area contributed by atoms with Crippen LogP contribution in [0, 0.1) is 15.9 Å². The molecule has 1 aromatic carbocycles. The van der Waals surface area contributed by atoms with Crippen molar-refractivity contribution in [1.82, 2.24) is 9.55 Å². The molecule has 2 rings (SSSR count). The van der Waals surface area contributed by atoms with Gasteiger partial charge in [0.15, 0.2) is 0 Å². The number of aromatic nitrogens is 2. The summed E-state index contributed by atoms with van der Waals surface area (Å²) < 4.78 is 14.9. The molecule has 1 aromatic heterocycles. The largest absolute Gasteiger partial charge is 0.378 e. The van der Waals surface area contributed by atoms with Crippen LogP contribution in [0.4, 0.5) is 15.8 Å². The number of hydrogen-bond acceptors (Lipinski definition) is 4. The third kappa shape index (κ3) is 2.82. The van der Waals surface area contributed by atoms with Crippen LogP contribution in [0.25, 0.3) is 0 Å². The average molecular weight is 250 g/mol. The number of nitrogens with one attached hydrogen (secondary N) is 1. The van der Waals surface area contributed by atoms with Gasteiger partial charge in [-0.2, -0.15) is 0 Å². The van der Waals surface area contributed by atoms with Crippen molar-refractivity contribution in [3.8, 4) is 0 Å². The van der Waals surface area contributed by atoms with Crippen molar-refractivity contribution in [1.29, 1.82) is 0 Å². The van der Waals surface area contributed by atoms with Crippen molar-refractivity contribution in [2.45, 2.75) is 6.54 Å². The van der Waals surface area contributed by atoms with E-state index in [4.69, 9.17) is 0 Å². The molecule has 7 heteroatoms.